The van der Waals surface area contributed by atoms with Crippen LogP contribution < -0.4 is 4.90 Å². The molecule has 0 unspecified atom stereocenters. The smallest absolute Gasteiger partial charge is 0.228 e. The Kier molecular flexibility index (Phi) is 6.33. The molecular weight excluding hydrogens is 410 g/mol. The first-order chi connectivity index (χ1) is 16.2. The molecule has 6 nitrogen and oxygen atoms in total. The molecule has 1 fully saturated rings. The van der Waals surface area contributed by atoms with Crippen LogP contribution in [0.25, 0.3) is 0 Å². The van der Waals surface area contributed by atoms with Crippen LogP contribution in [0, 0.1) is 6.92 Å². The van der Waals surface area contributed by atoms with Crippen LogP contribution in [0.1, 0.15) is 53.5 Å². The van der Waals surface area contributed by atoms with Crippen LogP contribution in [0.15, 0.2) is 54.7 Å². The number of carbonyl (C=O) groups is 1. The van der Waals surface area contributed by atoms with Gasteiger partial charge in [0.15, 0.2) is 0 Å². The van der Waals surface area contributed by atoms with Crippen LogP contribution in [-0.4, -0.2) is 45.4 Å². The van der Waals surface area contributed by atoms with Gasteiger partial charge in [-0.25, -0.2) is 9.97 Å². The van der Waals surface area contributed by atoms with Crippen LogP contribution in [-0.2, 0) is 24.2 Å². The molecule has 1 saturated heterocycles. The lowest BCUT2D eigenvalue weighted by atomic mass is 9.94. The lowest BCUT2D eigenvalue weighted by Crippen LogP contribution is -2.39. The molecule has 0 aliphatic carbocycles. The lowest BCUT2D eigenvalue weighted by Gasteiger charge is -2.34. The fraction of sp³-hybridized carbons (Fsp3) is 0.407. The summed E-state index contributed by atoms with van der Waals surface area (Å²) in [6.07, 6.45) is 6.11. The number of carbonyl (C=O) groups excluding carboxylic acids is 1. The molecule has 4 heterocycles. The number of benzene rings is 1. The molecule has 1 amide bonds. The van der Waals surface area contributed by atoms with E-state index in [1.54, 1.807) is 6.20 Å². The van der Waals surface area contributed by atoms with E-state index in [4.69, 9.17) is 9.97 Å². The van der Waals surface area contributed by atoms with Gasteiger partial charge in [0.25, 0.3) is 0 Å². The maximum atomic E-state index is 12.7. The standard InChI is InChI=1S/C27H31N5O/c1-20-24-11-7-15-32(19-21-8-3-2-4-9-21)27(24)30-26(29-20)22-12-16-31(17-13-22)25(33)18-23-10-5-6-14-28-23/h2-6,8-10,14,22H,7,11-13,15-19H2,1H3. The van der Waals surface area contributed by atoms with Gasteiger partial charge in [-0.1, -0.05) is 36.4 Å². The number of hydrogen-bond acceptors (Lipinski definition) is 5. The van der Waals surface area contributed by atoms with E-state index in [0.29, 0.717) is 12.3 Å². The van der Waals surface area contributed by atoms with Gasteiger partial charge in [-0.15, -0.1) is 0 Å². The molecule has 2 aromatic heterocycles. The quantitative estimate of drug-likeness (QED) is 0.597. The third kappa shape index (κ3) is 4.90. The number of nitrogens with zero attached hydrogens (tertiary/aromatic N) is 5. The van der Waals surface area contributed by atoms with E-state index in [9.17, 15) is 4.79 Å². The molecule has 3 aromatic rings. The number of pyridine rings is 1. The van der Waals surface area contributed by atoms with E-state index < -0.39 is 0 Å². The largest absolute Gasteiger partial charge is 0.352 e. The van der Waals surface area contributed by atoms with E-state index in [1.165, 1.54) is 11.1 Å². The second-order valence-electron chi connectivity index (χ2n) is 9.13. The van der Waals surface area contributed by atoms with Crippen molar-refractivity contribution in [1.29, 1.82) is 0 Å². The number of aryl methyl sites for hydroxylation is 1. The maximum absolute atomic E-state index is 12.7. The van der Waals surface area contributed by atoms with Crippen molar-refractivity contribution in [3.8, 4) is 0 Å². The number of hydrogen-bond donors (Lipinski definition) is 0. The topological polar surface area (TPSA) is 62.2 Å². The molecular formula is C27H31N5O. The summed E-state index contributed by atoms with van der Waals surface area (Å²) >= 11 is 0. The Labute approximate surface area is 195 Å². The highest BCUT2D eigenvalue weighted by molar-refractivity contribution is 5.78. The summed E-state index contributed by atoms with van der Waals surface area (Å²) in [5.41, 5.74) is 4.55. The summed E-state index contributed by atoms with van der Waals surface area (Å²) < 4.78 is 0. The van der Waals surface area contributed by atoms with E-state index >= 15 is 0 Å². The Morgan fingerprint density at radius 2 is 1.79 bits per heavy atom. The van der Waals surface area contributed by atoms with E-state index in [0.717, 1.165) is 74.9 Å². The first-order valence-electron chi connectivity index (χ1n) is 12.0. The van der Waals surface area contributed by atoms with Gasteiger partial charge < -0.3 is 9.80 Å². The third-order valence-corrected chi connectivity index (χ3v) is 6.85. The molecule has 0 radical (unpaired) electrons. The highest BCUT2D eigenvalue weighted by Gasteiger charge is 2.28. The van der Waals surface area contributed by atoms with Crippen molar-refractivity contribution < 1.29 is 4.79 Å². The highest BCUT2D eigenvalue weighted by Crippen LogP contribution is 2.33. The molecule has 2 aliphatic heterocycles. The summed E-state index contributed by atoms with van der Waals surface area (Å²) in [4.78, 5) is 31.4. The molecule has 5 rings (SSSR count). The van der Waals surface area contributed by atoms with Crippen molar-refractivity contribution >= 4 is 11.7 Å². The number of rotatable bonds is 5. The molecule has 0 spiro atoms. The van der Waals surface area contributed by atoms with Gasteiger partial charge in [-0.3, -0.25) is 9.78 Å². The van der Waals surface area contributed by atoms with E-state index in [2.05, 4.69) is 47.1 Å². The molecule has 0 bridgehead atoms. The molecule has 0 N–H and O–H groups in total. The monoisotopic (exact) mass is 441 g/mol. The van der Waals surface area contributed by atoms with E-state index in [1.807, 2.05) is 23.1 Å². The van der Waals surface area contributed by atoms with Crippen LogP contribution in [0.2, 0.25) is 0 Å². The van der Waals surface area contributed by atoms with Gasteiger partial charge in [0.2, 0.25) is 5.91 Å². The Bertz CT molecular complexity index is 1090. The summed E-state index contributed by atoms with van der Waals surface area (Å²) in [5, 5.41) is 0. The number of anilines is 1. The van der Waals surface area contributed by atoms with Gasteiger partial charge in [0.1, 0.15) is 11.6 Å². The molecule has 170 valence electrons. The molecule has 2 aliphatic rings. The van der Waals surface area contributed by atoms with Gasteiger partial charge >= 0.3 is 0 Å². The fourth-order valence-corrected chi connectivity index (χ4v) is 5.01. The first-order valence-corrected chi connectivity index (χ1v) is 12.0. The number of amides is 1. The summed E-state index contributed by atoms with van der Waals surface area (Å²) in [6, 6.07) is 16.3. The van der Waals surface area contributed by atoms with Crippen molar-refractivity contribution in [3.05, 3.63) is 83.1 Å². The molecule has 1 aromatic carbocycles. The van der Waals surface area contributed by atoms with Crippen LogP contribution in [0.5, 0.6) is 0 Å². The van der Waals surface area contributed by atoms with Gasteiger partial charge in [-0.05, 0) is 50.3 Å². The Hall–Kier alpha value is -3.28. The first kappa shape index (κ1) is 21.6. The number of aromatic nitrogens is 3. The number of fused-ring (bicyclic) bond motifs is 1. The summed E-state index contributed by atoms with van der Waals surface area (Å²) in [6.45, 7) is 5.54. The zero-order chi connectivity index (χ0) is 22.6. The average molecular weight is 442 g/mol. The molecule has 0 atom stereocenters. The molecule has 0 saturated carbocycles. The predicted octanol–water partition coefficient (Wildman–Crippen LogP) is 4.08. The number of likely N-dealkylation sites (tertiary alicyclic amines) is 1. The van der Waals surface area contributed by atoms with Crippen LogP contribution in [0.3, 0.4) is 0 Å². The van der Waals surface area contributed by atoms with Crippen LogP contribution >= 0.6 is 0 Å². The minimum absolute atomic E-state index is 0.156. The van der Waals surface area contributed by atoms with Crippen molar-refractivity contribution in [2.24, 2.45) is 0 Å². The predicted molar refractivity (Wildman–Crippen MR) is 129 cm³/mol. The van der Waals surface area contributed by atoms with Crippen molar-refractivity contribution in [3.63, 3.8) is 0 Å². The van der Waals surface area contributed by atoms with Crippen molar-refractivity contribution in [2.75, 3.05) is 24.5 Å². The SMILES string of the molecule is Cc1nc(C2CCN(C(=O)Cc3ccccn3)CC2)nc2c1CCCN2Cc1ccccc1. The highest BCUT2D eigenvalue weighted by atomic mass is 16.2. The minimum Gasteiger partial charge on any atom is -0.352 e. The normalized spacial score (nSPS) is 16.5. The second kappa shape index (κ2) is 9.69. The zero-order valence-electron chi connectivity index (χ0n) is 19.3. The minimum atomic E-state index is 0.156. The third-order valence-electron chi connectivity index (χ3n) is 6.85. The Morgan fingerprint density at radius 1 is 1.00 bits per heavy atom. The lowest BCUT2D eigenvalue weighted by molar-refractivity contribution is -0.131. The molecule has 33 heavy (non-hydrogen) atoms. The van der Waals surface area contributed by atoms with Gasteiger partial charge in [0.05, 0.1) is 6.42 Å². The van der Waals surface area contributed by atoms with E-state index in [-0.39, 0.29) is 5.91 Å². The van der Waals surface area contributed by atoms with Crippen LogP contribution in [0.4, 0.5) is 5.82 Å². The van der Waals surface area contributed by atoms with Gasteiger partial charge in [-0.2, -0.15) is 0 Å². The maximum Gasteiger partial charge on any atom is 0.228 e. The second-order valence-corrected chi connectivity index (χ2v) is 9.13. The fourth-order valence-electron chi connectivity index (χ4n) is 5.01. The van der Waals surface area contributed by atoms with Crippen molar-refractivity contribution in [1.82, 2.24) is 19.9 Å². The zero-order valence-corrected chi connectivity index (χ0v) is 19.3. The molecule has 6 heteroatoms. The Balaban J connectivity index is 1.28. The number of piperidine rings is 1. The summed E-state index contributed by atoms with van der Waals surface area (Å²) in [5.74, 6) is 2.52. The average Bonchev–Trinajstić information content (AvgIpc) is 2.86. The summed E-state index contributed by atoms with van der Waals surface area (Å²) in [7, 11) is 0. The van der Waals surface area contributed by atoms with Crippen molar-refractivity contribution in [2.45, 2.75) is 51.5 Å². The Morgan fingerprint density at radius 3 is 2.55 bits per heavy atom. The van der Waals surface area contributed by atoms with Gasteiger partial charge in [0, 0.05) is 55.2 Å².